The molecule has 96 valence electrons. The van der Waals surface area contributed by atoms with Crippen molar-refractivity contribution in [1.82, 2.24) is 9.78 Å². The lowest BCUT2D eigenvalue weighted by molar-refractivity contribution is 0.554. The maximum Gasteiger partial charge on any atom is 0.152 e. The number of hydrogen-bond donors (Lipinski definition) is 1. The van der Waals surface area contributed by atoms with E-state index in [4.69, 9.17) is 17.3 Å². The van der Waals surface area contributed by atoms with Crippen LogP contribution in [0.15, 0.2) is 12.1 Å². The van der Waals surface area contributed by atoms with Crippen molar-refractivity contribution >= 4 is 11.6 Å². The average Bonchev–Trinajstić information content (AvgIpc) is 2.56. The molecule has 0 spiro atoms. The van der Waals surface area contributed by atoms with Crippen molar-refractivity contribution in [3.8, 4) is 5.69 Å². The van der Waals surface area contributed by atoms with Gasteiger partial charge in [0.05, 0.1) is 16.4 Å². The van der Waals surface area contributed by atoms with Gasteiger partial charge >= 0.3 is 0 Å². The summed E-state index contributed by atoms with van der Waals surface area (Å²) in [5.41, 5.74) is 6.53. The number of halogens is 3. The third-order valence-corrected chi connectivity index (χ3v) is 3.27. The molecule has 0 atom stereocenters. The van der Waals surface area contributed by atoms with Gasteiger partial charge in [0.1, 0.15) is 5.69 Å². The number of rotatable bonds is 2. The standard InChI is InChI=1S/C12H12ClF2N3/c1-6-11(13)7(2)18(17-6)12-9(14)3-8(5-16)4-10(12)15/h3-4H,5,16H2,1-2H3. The fourth-order valence-corrected chi connectivity index (χ4v) is 1.90. The van der Waals surface area contributed by atoms with E-state index >= 15 is 0 Å². The third kappa shape index (κ3) is 2.00. The Hall–Kier alpha value is -1.46. The van der Waals surface area contributed by atoms with E-state index < -0.39 is 11.6 Å². The summed E-state index contributed by atoms with van der Waals surface area (Å²) in [5, 5.41) is 4.43. The molecule has 0 saturated heterocycles. The molecule has 0 unspecified atom stereocenters. The zero-order valence-corrected chi connectivity index (χ0v) is 10.7. The highest BCUT2D eigenvalue weighted by molar-refractivity contribution is 6.31. The number of aryl methyl sites for hydroxylation is 1. The predicted octanol–water partition coefficient (Wildman–Crippen LogP) is 2.88. The molecule has 0 amide bonds. The Labute approximate surface area is 108 Å². The topological polar surface area (TPSA) is 43.8 Å². The van der Waals surface area contributed by atoms with Crippen molar-refractivity contribution in [3.05, 3.63) is 45.7 Å². The molecule has 1 heterocycles. The minimum atomic E-state index is -0.710. The van der Waals surface area contributed by atoms with Gasteiger partial charge in [-0.05, 0) is 31.5 Å². The molecule has 0 bridgehead atoms. The van der Waals surface area contributed by atoms with Gasteiger partial charge < -0.3 is 5.73 Å². The van der Waals surface area contributed by atoms with Crippen molar-refractivity contribution in [3.63, 3.8) is 0 Å². The summed E-state index contributed by atoms with van der Waals surface area (Å²) in [6, 6.07) is 2.39. The molecular weight excluding hydrogens is 260 g/mol. The molecule has 0 aliphatic carbocycles. The second-order valence-electron chi connectivity index (χ2n) is 4.01. The third-order valence-electron chi connectivity index (χ3n) is 2.73. The highest BCUT2D eigenvalue weighted by atomic mass is 35.5. The largest absolute Gasteiger partial charge is 0.326 e. The Bertz CT molecular complexity index is 585. The predicted molar refractivity (Wildman–Crippen MR) is 65.9 cm³/mol. The molecule has 2 aromatic rings. The molecule has 0 radical (unpaired) electrons. The maximum atomic E-state index is 13.9. The number of benzene rings is 1. The molecule has 0 aliphatic heterocycles. The first-order chi connectivity index (χ1) is 8.45. The van der Waals surface area contributed by atoms with Gasteiger partial charge in [-0.1, -0.05) is 11.6 Å². The average molecular weight is 272 g/mol. The van der Waals surface area contributed by atoms with Crippen molar-refractivity contribution < 1.29 is 8.78 Å². The number of nitrogens with zero attached hydrogens (tertiary/aromatic N) is 2. The van der Waals surface area contributed by atoms with Crippen molar-refractivity contribution in [2.24, 2.45) is 5.73 Å². The van der Waals surface area contributed by atoms with Crippen LogP contribution >= 0.6 is 11.6 Å². The number of nitrogens with two attached hydrogens (primary N) is 1. The van der Waals surface area contributed by atoms with Crippen LogP contribution in [-0.4, -0.2) is 9.78 Å². The number of hydrogen-bond acceptors (Lipinski definition) is 2. The summed E-state index contributed by atoms with van der Waals surface area (Å²) in [5.74, 6) is -1.42. The van der Waals surface area contributed by atoms with Crippen LogP contribution in [0.3, 0.4) is 0 Å². The van der Waals surface area contributed by atoms with Gasteiger partial charge in [-0.15, -0.1) is 0 Å². The summed E-state index contributed by atoms with van der Waals surface area (Å²) < 4.78 is 29.0. The molecule has 6 heteroatoms. The van der Waals surface area contributed by atoms with Crippen LogP contribution in [0.4, 0.5) is 8.78 Å². The Morgan fingerprint density at radius 1 is 1.28 bits per heavy atom. The van der Waals surface area contributed by atoms with E-state index in [0.29, 0.717) is 22.0 Å². The highest BCUT2D eigenvalue weighted by Gasteiger charge is 2.18. The Balaban J connectivity index is 2.67. The molecule has 1 aromatic heterocycles. The first-order valence-corrected chi connectivity index (χ1v) is 5.73. The zero-order chi connectivity index (χ0) is 13.4. The molecule has 0 saturated carbocycles. The molecular formula is C12H12ClF2N3. The highest BCUT2D eigenvalue weighted by Crippen LogP contribution is 2.26. The van der Waals surface area contributed by atoms with Gasteiger partial charge in [-0.3, -0.25) is 0 Å². The SMILES string of the molecule is Cc1nn(-c2c(F)cc(CN)cc2F)c(C)c1Cl. The Kier molecular flexibility index (Phi) is 3.36. The Morgan fingerprint density at radius 2 is 1.83 bits per heavy atom. The molecule has 1 aromatic carbocycles. The van der Waals surface area contributed by atoms with Crippen molar-refractivity contribution in [2.45, 2.75) is 20.4 Å². The normalized spacial score (nSPS) is 11.0. The van der Waals surface area contributed by atoms with Crippen LogP contribution in [0.25, 0.3) is 5.69 Å². The van der Waals surface area contributed by atoms with Crippen LogP contribution in [0, 0.1) is 25.5 Å². The van der Waals surface area contributed by atoms with Gasteiger partial charge in [-0.25, -0.2) is 13.5 Å². The quantitative estimate of drug-likeness (QED) is 0.913. The fourth-order valence-electron chi connectivity index (χ4n) is 1.78. The van der Waals surface area contributed by atoms with E-state index in [-0.39, 0.29) is 12.2 Å². The van der Waals surface area contributed by atoms with E-state index in [1.54, 1.807) is 13.8 Å². The van der Waals surface area contributed by atoms with Crippen molar-refractivity contribution in [1.29, 1.82) is 0 Å². The van der Waals surface area contributed by atoms with Crippen LogP contribution in [0.2, 0.25) is 5.02 Å². The molecule has 2 rings (SSSR count). The second kappa shape index (κ2) is 4.66. The lowest BCUT2D eigenvalue weighted by atomic mass is 10.2. The monoisotopic (exact) mass is 271 g/mol. The van der Waals surface area contributed by atoms with E-state index in [9.17, 15) is 8.78 Å². The van der Waals surface area contributed by atoms with Crippen LogP contribution in [0.5, 0.6) is 0 Å². The first-order valence-electron chi connectivity index (χ1n) is 5.35. The van der Waals surface area contributed by atoms with E-state index in [1.165, 1.54) is 16.8 Å². The summed E-state index contributed by atoms with van der Waals surface area (Å²) in [6.07, 6.45) is 0. The van der Waals surface area contributed by atoms with E-state index in [0.717, 1.165) is 0 Å². The summed E-state index contributed by atoms with van der Waals surface area (Å²) >= 11 is 5.96. The summed E-state index contributed by atoms with van der Waals surface area (Å²) in [4.78, 5) is 0. The minimum Gasteiger partial charge on any atom is -0.326 e. The molecule has 2 N–H and O–H groups in total. The first kappa shape index (κ1) is 13.0. The second-order valence-corrected chi connectivity index (χ2v) is 4.39. The lowest BCUT2D eigenvalue weighted by Gasteiger charge is -2.09. The van der Waals surface area contributed by atoms with E-state index in [1.807, 2.05) is 0 Å². The van der Waals surface area contributed by atoms with Gasteiger partial charge in [0.2, 0.25) is 0 Å². The smallest absolute Gasteiger partial charge is 0.152 e. The summed E-state index contributed by atoms with van der Waals surface area (Å²) in [6.45, 7) is 3.40. The molecule has 0 aliphatic rings. The lowest BCUT2D eigenvalue weighted by Crippen LogP contribution is -2.08. The zero-order valence-electron chi connectivity index (χ0n) is 9.97. The van der Waals surface area contributed by atoms with Gasteiger partial charge in [0.15, 0.2) is 11.6 Å². The minimum absolute atomic E-state index is 0.0754. The van der Waals surface area contributed by atoms with Crippen LogP contribution in [-0.2, 0) is 6.54 Å². The molecule has 0 fully saturated rings. The van der Waals surface area contributed by atoms with Crippen molar-refractivity contribution in [2.75, 3.05) is 0 Å². The fraction of sp³-hybridized carbons (Fsp3) is 0.250. The van der Waals surface area contributed by atoms with Gasteiger partial charge in [-0.2, -0.15) is 5.10 Å². The van der Waals surface area contributed by atoms with Crippen LogP contribution < -0.4 is 5.73 Å². The van der Waals surface area contributed by atoms with Gasteiger partial charge in [0.25, 0.3) is 0 Å². The molecule has 3 nitrogen and oxygen atoms in total. The maximum absolute atomic E-state index is 13.9. The van der Waals surface area contributed by atoms with Gasteiger partial charge in [0, 0.05) is 6.54 Å². The van der Waals surface area contributed by atoms with E-state index in [2.05, 4.69) is 5.10 Å². The van der Waals surface area contributed by atoms with Crippen LogP contribution in [0.1, 0.15) is 17.0 Å². The summed E-state index contributed by atoms with van der Waals surface area (Å²) in [7, 11) is 0. The Morgan fingerprint density at radius 3 is 2.22 bits per heavy atom. The molecule has 18 heavy (non-hydrogen) atoms. The number of aromatic nitrogens is 2.